The number of carbonyl (C=O) groups excluding carboxylic acids is 1. The van der Waals surface area contributed by atoms with Gasteiger partial charge in [-0.25, -0.2) is 8.78 Å². The lowest BCUT2D eigenvalue weighted by atomic mass is 10.1. The minimum atomic E-state index is -2.37. The van der Waals surface area contributed by atoms with Gasteiger partial charge in [-0.15, -0.1) is 0 Å². The van der Waals surface area contributed by atoms with E-state index in [0.29, 0.717) is 5.56 Å². The molecule has 2 nitrogen and oxygen atoms in total. The van der Waals surface area contributed by atoms with Crippen molar-refractivity contribution in [3.63, 3.8) is 0 Å². The number of halogens is 2. The Labute approximate surface area is 80.5 Å². The molecule has 4 heteroatoms. The highest BCUT2D eigenvalue weighted by Crippen LogP contribution is 2.32. The Morgan fingerprint density at radius 2 is 2.29 bits per heavy atom. The lowest BCUT2D eigenvalue weighted by Gasteiger charge is -1.99. The molecule has 0 bridgehead atoms. The van der Waals surface area contributed by atoms with E-state index in [4.69, 9.17) is 0 Å². The Bertz CT molecular complexity index is 342. The Morgan fingerprint density at radius 1 is 1.57 bits per heavy atom. The van der Waals surface area contributed by atoms with Crippen molar-refractivity contribution in [2.45, 2.75) is 25.8 Å². The van der Waals surface area contributed by atoms with Crippen molar-refractivity contribution in [2.24, 2.45) is 5.92 Å². The van der Waals surface area contributed by atoms with Crippen LogP contribution in [0.5, 0.6) is 0 Å². The van der Waals surface area contributed by atoms with E-state index < -0.39 is 6.43 Å². The van der Waals surface area contributed by atoms with Crippen molar-refractivity contribution in [1.29, 1.82) is 0 Å². The van der Waals surface area contributed by atoms with Gasteiger partial charge in [-0.05, 0) is 18.9 Å². The number of hydrogen-bond acceptors (Lipinski definition) is 1. The Hall–Kier alpha value is -1.19. The van der Waals surface area contributed by atoms with Crippen molar-refractivity contribution in [2.75, 3.05) is 0 Å². The third kappa shape index (κ3) is 2.00. The van der Waals surface area contributed by atoms with Gasteiger partial charge in [0.15, 0.2) is 5.78 Å². The predicted molar refractivity (Wildman–Crippen MR) is 47.5 cm³/mol. The van der Waals surface area contributed by atoms with Crippen LogP contribution in [0.4, 0.5) is 8.78 Å². The van der Waals surface area contributed by atoms with Crippen LogP contribution in [0.25, 0.3) is 0 Å². The lowest BCUT2D eigenvalue weighted by molar-refractivity contribution is 0.0966. The van der Waals surface area contributed by atoms with Crippen LogP contribution in [0.2, 0.25) is 0 Å². The Kier molecular flexibility index (Phi) is 2.35. The molecular formula is C10H11F2NO. The standard InChI is InChI=1S/C10H11F2NO/c11-9(12)6-13-4-3-8(5-13)10(14)7-1-2-7/h3-5,7,9H,1-2,6H2. The van der Waals surface area contributed by atoms with Crippen LogP contribution in [0.3, 0.4) is 0 Å². The molecule has 1 aliphatic carbocycles. The van der Waals surface area contributed by atoms with Gasteiger partial charge in [0.05, 0.1) is 6.54 Å². The molecule has 1 aromatic heterocycles. The van der Waals surface area contributed by atoms with Gasteiger partial charge >= 0.3 is 0 Å². The van der Waals surface area contributed by atoms with E-state index in [-0.39, 0.29) is 18.2 Å². The molecule has 0 N–H and O–H groups in total. The highest BCUT2D eigenvalue weighted by atomic mass is 19.3. The number of Topliss-reactive ketones (excluding diaryl/α,β-unsaturated/α-hetero) is 1. The van der Waals surface area contributed by atoms with Crippen molar-refractivity contribution in [3.05, 3.63) is 24.0 Å². The summed E-state index contributed by atoms with van der Waals surface area (Å²) in [5.41, 5.74) is 0.563. The summed E-state index contributed by atoms with van der Waals surface area (Å²) in [6.45, 7) is -0.335. The molecular weight excluding hydrogens is 188 g/mol. The number of alkyl halides is 2. The molecule has 1 aliphatic rings. The van der Waals surface area contributed by atoms with E-state index in [9.17, 15) is 13.6 Å². The predicted octanol–water partition coefficient (Wildman–Crippen LogP) is 2.35. The average Bonchev–Trinajstić information content (AvgIpc) is 2.86. The van der Waals surface area contributed by atoms with Crippen LogP contribution in [-0.4, -0.2) is 16.8 Å². The van der Waals surface area contributed by atoms with E-state index in [1.54, 1.807) is 6.07 Å². The molecule has 0 aliphatic heterocycles. The first-order chi connectivity index (χ1) is 6.66. The Balaban J connectivity index is 2.05. The molecule has 76 valence electrons. The minimum absolute atomic E-state index is 0.0954. The number of nitrogens with zero attached hydrogens (tertiary/aromatic N) is 1. The topological polar surface area (TPSA) is 22.0 Å². The van der Waals surface area contributed by atoms with Gasteiger partial charge in [0, 0.05) is 23.9 Å². The van der Waals surface area contributed by atoms with Crippen LogP contribution in [0, 0.1) is 5.92 Å². The van der Waals surface area contributed by atoms with Gasteiger partial charge in [0.25, 0.3) is 6.43 Å². The zero-order valence-corrected chi connectivity index (χ0v) is 7.62. The first-order valence-electron chi connectivity index (χ1n) is 4.65. The second-order valence-corrected chi connectivity index (χ2v) is 3.63. The monoisotopic (exact) mass is 199 g/mol. The van der Waals surface area contributed by atoms with E-state index >= 15 is 0 Å². The summed E-state index contributed by atoms with van der Waals surface area (Å²) in [4.78, 5) is 11.5. The minimum Gasteiger partial charge on any atom is -0.348 e. The number of aromatic nitrogens is 1. The first-order valence-corrected chi connectivity index (χ1v) is 4.65. The molecule has 0 saturated heterocycles. The molecule has 14 heavy (non-hydrogen) atoms. The summed E-state index contributed by atoms with van der Waals surface area (Å²) in [7, 11) is 0. The normalized spacial score (nSPS) is 16.2. The first kappa shape index (κ1) is 9.37. The van der Waals surface area contributed by atoms with Gasteiger partial charge in [-0.1, -0.05) is 0 Å². The van der Waals surface area contributed by atoms with Crippen molar-refractivity contribution >= 4 is 5.78 Å². The molecule has 0 amide bonds. The molecule has 1 fully saturated rings. The van der Waals surface area contributed by atoms with E-state index in [0.717, 1.165) is 12.8 Å². The second kappa shape index (κ2) is 3.52. The number of ketones is 1. The number of carbonyl (C=O) groups is 1. The molecule has 1 saturated carbocycles. The molecule has 1 heterocycles. The highest BCUT2D eigenvalue weighted by molar-refractivity contribution is 5.99. The summed E-state index contributed by atoms with van der Waals surface area (Å²) in [5.74, 6) is 0.246. The summed E-state index contributed by atoms with van der Waals surface area (Å²) >= 11 is 0. The van der Waals surface area contributed by atoms with Gasteiger partial charge in [-0.2, -0.15) is 0 Å². The van der Waals surface area contributed by atoms with E-state index in [2.05, 4.69) is 0 Å². The molecule has 0 aromatic carbocycles. The molecule has 0 atom stereocenters. The average molecular weight is 199 g/mol. The maximum absolute atomic E-state index is 12.0. The van der Waals surface area contributed by atoms with Crippen molar-refractivity contribution in [1.82, 2.24) is 4.57 Å². The Morgan fingerprint density at radius 3 is 2.86 bits per heavy atom. The molecule has 0 unspecified atom stereocenters. The fourth-order valence-electron chi connectivity index (χ4n) is 1.44. The highest BCUT2D eigenvalue weighted by Gasteiger charge is 2.30. The van der Waals surface area contributed by atoms with Gasteiger partial charge < -0.3 is 4.57 Å². The van der Waals surface area contributed by atoms with Gasteiger partial charge in [-0.3, -0.25) is 4.79 Å². The lowest BCUT2D eigenvalue weighted by Crippen LogP contribution is -2.04. The van der Waals surface area contributed by atoms with E-state index in [1.165, 1.54) is 17.0 Å². The maximum Gasteiger partial charge on any atom is 0.256 e. The molecule has 1 aromatic rings. The molecule has 0 spiro atoms. The van der Waals surface area contributed by atoms with Crippen molar-refractivity contribution in [3.8, 4) is 0 Å². The molecule has 2 rings (SSSR count). The summed E-state index contributed by atoms with van der Waals surface area (Å²) in [6, 6.07) is 1.61. The van der Waals surface area contributed by atoms with Crippen LogP contribution in [0.15, 0.2) is 18.5 Å². The summed E-state index contributed by atoms with van der Waals surface area (Å²) in [6.07, 6.45) is 2.55. The van der Waals surface area contributed by atoms with Gasteiger partial charge in [0.2, 0.25) is 0 Å². The fraction of sp³-hybridized carbons (Fsp3) is 0.500. The second-order valence-electron chi connectivity index (χ2n) is 3.63. The van der Waals surface area contributed by atoms with Crippen LogP contribution in [0.1, 0.15) is 23.2 Å². The zero-order valence-electron chi connectivity index (χ0n) is 7.62. The summed E-state index contributed by atoms with van der Waals surface area (Å²) in [5, 5.41) is 0. The smallest absolute Gasteiger partial charge is 0.256 e. The van der Waals surface area contributed by atoms with Crippen LogP contribution < -0.4 is 0 Å². The third-order valence-electron chi connectivity index (χ3n) is 2.33. The van der Waals surface area contributed by atoms with Crippen LogP contribution >= 0.6 is 0 Å². The fourth-order valence-corrected chi connectivity index (χ4v) is 1.44. The third-order valence-corrected chi connectivity index (χ3v) is 2.33. The SMILES string of the molecule is O=C(c1ccn(CC(F)F)c1)C1CC1. The summed E-state index contributed by atoms with van der Waals surface area (Å²) < 4.78 is 25.4. The molecule has 0 radical (unpaired) electrons. The zero-order chi connectivity index (χ0) is 10.1. The quantitative estimate of drug-likeness (QED) is 0.682. The number of hydrogen-bond donors (Lipinski definition) is 0. The largest absolute Gasteiger partial charge is 0.348 e. The maximum atomic E-state index is 12.0. The van der Waals surface area contributed by atoms with Crippen LogP contribution in [-0.2, 0) is 6.54 Å². The van der Waals surface area contributed by atoms with E-state index in [1.807, 2.05) is 0 Å². The van der Waals surface area contributed by atoms with Crippen molar-refractivity contribution < 1.29 is 13.6 Å². The van der Waals surface area contributed by atoms with Gasteiger partial charge in [0.1, 0.15) is 0 Å². The number of rotatable bonds is 4.